The predicted molar refractivity (Wildman–Crippen MR) is 61.9 cm³/mol. The normalized spacial score (nSPS) is 10.7. The fourth-order valence-corrected chi connectivity index (χ4v) is 1.11. The number of hydrogen-bond donors (Lipinski definition) is 1. The van der Waals surface area contributed by atoms with E-state index in [0.29, 0.717) is 19.6 Å². The van der Waals surface area contributed by atoms with Crippen LogP contribution in [0.25, 0.3) is 0 Å². The Balaban J connectivity index is 3.51. The second-order valence-electron chi connectivity index (χ2n) is 3.84. The highest BCUT2D eigenvalue weighted by Gasteiger charge is 2.07. The van der Waals surface area contributed by atoms with Crippen molar-refractivity contribution in [1.82, 2.24) is 10.2 Å². The summed E-state index contributed by atoms with van der Waals surface area (Å²) in [5, 5.41) is 3.13. The third-order valence-electron chi connectivity index (χ3n) is 2.07. The summed E-state index contributed by atoms with van der Waals surface area (Å²) < 4.78 is 5.38. The first-order valence-electron chi connectivity index (χ1n) is 5.64. The minimum absolute atomic E-state index is 0.170. The topological polar surface area (TPSA) is 41.6 Å². The van der Waals surface area contributed by atoms with Crippen LogP contribution in [0.3, 0.4) is 0 Å². The van der Waals surface area contributed by atoms with Crippen molar-refractivity contribution in [2.24, 2.45) is 0 Å². The molecular weight excluding hydrogens is 192 g/mol. The van der Waals surface area contributed by atoms with E-state index in [9.17, 15) is 4.79 Å². The van der Waals surface area contributed by atoms with Crippen LogP contribution in [0.4, 0.5) is 0 Å². The minimum atomic E-state index is 0.170. The zero-order valence-electron chi connectivity index (χ0n) is 10.4. The monoisotopic (exact) mass is 216 g/mol. The Morgan fingerprint density at radius 1 is 1.47 bits per heavy atom. The second-order valence-corrected chi connectivity index (χ2v) is 3.84. The fourth-order valence-electron chi connectivity index (χ4n) is 1.11. The van der Waals surface area contributed by atoms with E-state index in [1.165, 1.54) is 0 Å². The van der Waals surface area contributed by atoms with Gasteiger partial charge in [-0.1, -0.05) is 6.92 Å². The first-order chi connectivity index (χ1) is 7.07. The molecule has 0 spiro atoms. The average molecular weight is 216 g/mol. The third-order valence-corrected chi connectivity index (χ3v) is 2.07. The van der Waals surface area contributed by atoms with Crippen LogP contribution in [-0.2, 0) is 9.53 Å². The summed E-state index contributed by atoms with van der Waals surface area (Å²) in [5.74, 6) is 0.170. The number of ether oxygens (including phenoxy) is 1. The van der Waals surface area contributed by atoms with Crippen molar-refractivity contribution in [3.63, 3.8) is 0 Å². The molecule has 1 amide bonds. The Morgan fingerprint density at radius 3 is 2.67 bits per heavy atom. The van der Waals surface area contributed by atoms with Crippen molar-refractivity contribution in [2.45, 2.75) is 33.3 Å². The molecule has 0 aromatic heterocycles. The first kappa shape index (κ1) is 14.4. The van der Waals surface area contributed by atoms with Gasteiger partial charge in [-0.3, -0.25) is 4.79 Å². The second kappa shape index (κ2) is 8.68. The maximum atomic E-state index is 11.5. The molecule has 0 heterocycles. The van der Waals surface area contributed by atoms with Gasteiger partial charge in [0.05, 0.1) is 12.7 Å². The van der Waals surface area contributed by atoms with Crippen molar-refractivity contribution < 1.29 is 9.53 Å². The van der Waals surface area contributed by atoms with Gasteiger partial charge in [0, 0.05) is 26.6 Å². The number of rotatable bonds is 8. The number of nitrogens with one attached hydrogen (secondary N) is 1. The van der Waals surface area contributed by atoms with E-state index in [1.807, 2.05) is 27.8 Å². The van der Waals surface area contributed by atoms with Gasteiger partial charge in [-0.25, -0.2) is 0 Å². The summed E-state index contributed by atoms with van der Waals surface area (Å²) in [6.07, 6.45) is 0.793. The SMILES string of the molecule is CCNCCC(=O)N(C)CCOC(C)C. The van der Waals surface area contributed by atoms with E-state index in [1.54, 1.807) is 4.90 Å². The van der Waals surface area contributed by atoms with Crippen LogP contribution in [0.2, 0.25) is 0 Å². The Kier molecular flexibility index (Phi) is 8.33. The van der Waals surface area contributed by atoms with E-state index in [0.717, 1.165) is 13.1 Å². The molecule has 4 nitrogen and oxygen atoms in total. The Bertz CT molecular complexity index is 172. The lowest BCUT2D eigenvalue weighted by atomic mass is 10.3. The molecule has 0 unspecified atom stereocenters. The molecule has 90 valence electrons. The Hall–Kier alpha value is -0.610. The van der Waals surface area contributed by atoms with Crippen molar-refractivity contribution in [2.75, 3.05) is 33.3 Å². The highest BCUT2D eigenvalue weighted by molar-refractivity contribution is 5.76. The zero-order valence-corrected chi connectivity index (χ0v) is 10.4. The lowest BCUT2D eigenvalue weighted by Crippen LogP contribution is -2.32. The maximum Gasteiger partial charge on any atom is 0.223 e. The number of carbonyl (C=O) groups excluding carboxylic acids is 1. The molecule has 0 fully saturated rings. The van der Waals surface area contributed by atoms with Crippen molar-refractivity contribution in [3.05, 3.63) is 0 Å². The van der Waals surface area contributed by atoms with Crippen LogP contribution in [0.1, 0.15) is 27.2 Å². The smallest absolute Gasteiger partial charge is 0.223 e. The molecule has 0 aliphatic rings. The molecule has 0 aliphatic carbocycles. The highest BCUT2D eigenvalue weighted by Crippen LogP contribution is 1.92. The van der Waals surface area contributed by atoms with Crippen LogP contribution < -0.4 is 5.32 Å². The summed E-state index contributed by atoms with van der Waals surface area (Å²) in [7, 11) is 1.82. The lowest BCUT2D eigenvalue weighted by Gasteiger charge is -2.18. The van der Waals surface area contributed by atoms with Crippen LogP contribution in [0.15, 0.2) is 0 Å². The van der Waals surface area contributed by atoms with Crippen LogP contribution >= 0.6 is 0 Å². The standard InChI is InChI=1S/C11H24N2O2/c1-5-12-7-6-11(14)13(4)8-9-15-10(2)3/h10,12H,5-9H2,1-4H3. The molecule has 4 heteroatoms. The van der Waals surface area contributed by atoms with Crippen molar-refractivity contribution in [1.29, 1.82) is 0 Å². The van der Waals surface area contributed by atoms with Crippen LogP contribution in [0.5, 0.6) is 0 Å². The van der Waals surface area contributed by atoms with Crippen molar-refractivity contribution >= 4 is 5.91 Å². The molecule has 0 aromatic carbocycles. The van der Waals surface area contributed by atoms with Crippen LogP contribution in [0, 0.1) is 0 Å². The van der Waals surface area contributed by atoms with E-state index in [2.05, 4.69) is 5.32 Å². The molecule has 0 rings (SSSR count). The van der Waals surface area contributed by atoms with E-state index in [-0.39, 0.29) is 12.0 Å². The lowest BCUT2D eigenvalue weighted by molar-refractivity contribution is -0.130. The predicted octanol–water partition coefficient (Wildman–Crippen LogP) is 0.869. The third kappa shape index (κ3) is 8.39. The summed E-state index contributed by atoms with van der Waals surface area (Å²) >= 11 is 0. The van der Waals surface area contributed by atoms with E-state index in [4.69, 9.17) is 4.74 Å². The zero-order chi connectivity index (χ0) is 11.7. The average Bonchev–Trinajstić information content (AvgIpc) is 2.17. The van der Waals surface area contributed by atoms with Gasteiger partial charge in [0.25, 0.3) is 0 Å². The fraction of sp³-hybridized carbons (Fsp3) is 0.909. The summed E-state index contributed by atoms with van der Waals surface area (Å²) in [4.78, 5) is 13.2. The van der Waals surface area contributed by atoms with Crippen molar-refractivity contribution in [3.8, 4) is 0 Å². The molecule has 0 aliphatic heterocycles. The Morgan fingerprint density at radius 2 is 2.13 bits per heavy atom. The number of nitrogens with zero attached hydrogens (tertiary/aromatic N) is 1. The highest BCUT2D eigenvalue weighted by atomic mass is 16.5. The van der Waals surface area contributed by atoms with Gasteiger partial charge < -0.3 is 15.0 Å². The summed E-state index contributed by atoms with van der Waals surface area (Å²) in [6.45, 7) is 8.97. The summed E-state index contributed by atoms with van der Waals surface area (Å²) in [5.41, 5.74) is 0. The van der Waals surface area contributed by atoms with Gasteiger partial charge in [-0.2, -0.15) is 0 Å². The molecule has 15 heavy (non-hydrogen) atoms. The number of amides is 1. The van der Waals surface area contributed by atoms with Gasteiger partial charge in [0.15, 0.2) is 0 Å². The molecular formula is C11H24N2O2. The van der Waals surface area contributed by atoms with E-state index < -0.39 is 0 Å². The number of likely N-dealkylation sites (N-methyl/N-ethyl adjacent to an activating group) is 1. The summed E-state index contributed by atoms with van der Waals surface area (Å²) in [6, 6.07) is 0. The largest absolute Gasteiger partial charge is 0.377 e. The maximum absolute atomic E-state index is 11.5. The van der Waals surface area contributed by atoms with Gasteiger partial charge in [-0.15, -0.1) is 0 Å². The van der Waals surface area contributed by atoms with E-state index >= 15 is 0 Å². The van der Waals surface area contributed by atoms with Crippen LogP contribution in [-0.4, -0.2) is 50.2 Å². The van der Waals surface area contributed by atoms with Gasteiger partial charge in [0.1, 0.15) is 0 Å². The number of carbonyl (C=O) groups is 1. The van der Waals surface area contributed by atoms with Gasteiger partial charge in [0.2, 0.25) is 5.91 Å². The molecule has 0 saturated carbocycles. The Labute approximate surface area is 93.0 Å². The molecule has 0 aromatic rings. The first-order valence-corrected chi connectivity index (χ1v) is 5.64. The molecule has 0 bridgehead atoms. The quantitative estimate of drug-likeness (QED) is 0.612. The minimum Gasteiger partial charge on any atom is -0.377 e. The molecule has 0 radical (unpaired) electrons. The van der Waals surface area contributed by atoms with Gasteiger partial charge >= 0.3 is 0 Å². The van der Waals surface area contributed by atoms with Gasteiger partial charge in [-0.05, 0) is 20.4 Å². The molecule has 0 atom stereocenters. The molecule has 0 saturated heterocycles. The molecule has 1 N–H and O–H groups in total. The number of hydrogen-bond acceptors (Lipinski definition) is 3.